The molecule has 0 saturated heterocycles. The van der Waals surface area contributed by atoms with Gasteiger partial charge in [-0.3, -0.25) is 9.59 Å². The van der Waals surface area contributed by atoms with Crippen LogP contribution in [0.3, 0.4) is 0 Å². The highest BCUT2D eigenvalue weighted by Gasteiger charge is 2.13. The molecule has 7 nitrogen and oxygen atoms in total. The molecule has 2 aromatic carbocycles. The van der Waals surface area contributed by atoms with Gasteiger partial charge in [-0.05, 0) is 61.7 Å². The first kappa shape index (κ1) is 23.5. The van der Waals surface area contributed by atoms with Crippen LogP contribution >= 0.6 is 0 Å². The molecule has 2 rings (SSSR count). The summed E-state index contributed by atoms with van der Waals surface area (Å²) in [6, 6.07) is 14.1. The number of rotatable bonds is 9. The molecule has 0 saturated carbocycles. The number of ether oxygens (including phenoxy) is 3. The van der Waals surface area contributed by atoms with Crippen LogP contribution in [-0.2, 0) is 16.0 Å². The smallest absolute Gasteiger partial charge is 0.311 e. The second kappa shape index (κ2) is 11.4. The number of hydrogen-bond acceptors (Lipinski definition) is 6. The van der Waals surface area contributed by atoms with Crippen LogP contribution in [0.5, 0.6) is 17.2 Å². The summed E-state index contributed by atoms with van der Waals surface area (Å²) in [7, 11) is 3.05. The van der Waals surface area contributed by atoms with Crippen LogP contribution in [0, 0.1) is 11.3 Å². The molecule has 0 aliphatic rings. The van der Waals surface area contributed by atoms with Crippen molar-refractivity contribution in [3.8, 4) is 23.3 Å². The average molecular weight is 422 g/mol. The molecule has 0 aromatic heterocycles. The molecule has 162 valence electrons. The number of aryl methyl sites for hydroxylation is 1. The minimum absolute atomic E-state index is 0.0278. The molecular formula is C24H26N2O5. The van der Waals surface area contributed by atoms with Gasteiger partial charge >= 0.3 is 5.97 Å². The molecule has 2 aromatic rings. The SMILES string of the molecule is COc1ccc(CCC(=O)Oc2ccc(/C=C(\C#N)C(=O)NC(C)C)cc2OC)cc1. The Labute approximate surface area is 182 Å². The first-order valence-corrected chi connectivity index (χ1v) is 9.80. The molecule has 0 bridgehead atoms. The number of methoxy groups -OCH3 is 2. The van der Waals surface area contributed by atoms with Gasteiger partial charge in [-0.15, -0.1) is 0 Å². The van der Waals surface area contributed by atoms with Crippen LogP contribution in [0.4, 0.5) is 0 Å². The minimum atomic E-state index is -0.453. The highest BCUT2D eigenvalue weighted by molar-refractivity contribution is 6.01. The summed E-state index contributed by atoms with van der Waals surface area (Å²) in [5.74, 6) is 0.501. The maximum Gasteiger partial charge on any atom is 0.311 e. The van der Waals surface area contributed by atoms with Crippen LogP contribution in [0.25, 0.3) is 6.08 Å². The van der Waals surface area contributed by atoms with Crippen molar-refractivity contribution in [3.05, 3.63) is 59.2 Å². The molecule has 0 atom stereocenters. The van der Waals surface area contributed by atoms with Crippen LogP contribution in [0.2, 0.25) is 0 Å². The maximum atomic E-state index is 12.3. The third kappa shape index (κ3) is 7.19. The third-order valence-electron chi connectivity index (χ3n) is 4.28. The molecule has 1 amide bonds. The summed E-state index contributed by atoms with van der Waals surface area (Å²) in [4.78, 5) is 24.3. The lowest BCUT2D eigenvalue weighted by Crippen LogP contribution is -2.30. The minimum Gasteiger partial charge on any atom is -0.497 e. The summed E-state index contributed by atoms with van der Waals surface area (Å²) in [6.07, 6.45) is 2.18. The first-order chi connectivity index (χ1) is 14.9. The van der Waals surface area contributed by atoms with E-state index in [0.717, 1.165) is 11.3 Å². The number of esters is 1. The van der Waals surface area contributed by atoms with Gasteiger partial charge in [0.05, 0.1) is 14.2 Å². The molecule has 7 heteroatoms. The van der Waals surface area contributed by atoms with E-state index in [-0.39, 0.29) is 23.8 Å². The first-order valence-electron chi connectivity index (χ1n) is 9.80. The van der Waals surface area contributed by atoms with E-state index < -0.39 is 11.9 Å². The maximum absolute atomic E-state index is 12.3. The van der Waals surface area contributed by atoms with Crippen molar-refractivity contribution in [1.29, 1.82) is 5.26 Å². The fourth-order valence-electron chi connectivity index (χ4n) is 2.73. The Morgan fingerprint density at radius 1 is 1.06 bits per heavy atom. The van der Waals surface area contributed by atoms with E-state index in [0.29, 0.717) is 17.7 Å². The highest BCUT2D eigenvalue weighted by atomic mass is 16.6. The molecule has 31 heavy (non-hydrogen) atoms. The fraction of sp³-hybridized carbons (Fsp3) is 0.292. The lowest BCUT2D eigenvalue weighted by Gasteiger charge is -2.11. The molecule has 0 unspecified atom stereocenters. The number of benzene rings is 2. The van der Waals surface area contributed by atoms with Crippen LogP contribution < -0.4 is 19.5 Å². The predicted molar refractivity (Wildman–Crippen MR) is 117 cm³/mol. The second-order valence-corrected chi connectivity index (χ2v) is 7.03. The van der Waals surface area contributed by atoms with Crippen molar-refractivity contribution in [2.24, 2.45) is 0 Å². The third-order valence-corrected chi connectivity index (χ3v) is 4.28. The van der Waals surface area contributed by atoms with Gasteiger partial charge in [0, 0.05) is 12.5 Å². The zero-order chi connectivity index (χ0) is 22.8. The number of carbonyl (C=O) groups excluding carboxylic acids is 2. The molecule has 0 aliphatic heterocycles. The van der Waals surface area contributed by atoms with Gasteiger partial charge in [0.1, 0.15) is 17.4 Å². The van der Waals surface area contributed by atoms with Gasteiger partial charge in [0.25, 0.3) is 5.91 Å². The Morgan fingerprint density at radius 3 is 2.35 bits per heavy atom. The quantitative estimate of drug-likeness (QED) is 0.287. The monoisotopic (exact) mass is 422 g/mol. The Kier molecular flexibility index (Phi) is 8.64. The van der Waals surface area contributed by atoms with E-state index in [1.54, 1.807) is 25.3 Å². The molecule has 0 aliphatic carbocycles. The largest absolute Gasteiger partial charge is 0.497 e. The number of nitrogens with zero attached hydrogens (tertiary/aromatic N) is 1. The van der Waals surface area contributed by atoms with Crippen molar-refractivity contribution in [3.63, 3.8) is 0 Å². The number of carbonyl (C=O) groups is 2. The van der Waals surface area contributed by atoms with Gasteiger partial charge in [-0.25, -0.2) is 0 Å². The molecule has 0 heterocycles. The summed E-state index contributed by atoms with van der Waals surface area (Å²) in [5, 5.41) is 11.9. The van der Waals surface area contributed by atoms with Gasteiger partial charge in [-0.2, -0.15) is 5.26 Å². The molecular weight excluding hydrogens is 396 g/mol. The topological polar surface area (TPSA) is 97.7 Å². The van der Waals surface area contributed by atoms with E-state index in [2.05, 4.69) is 5.32 Å². The molecule has 1 N–H and O–H groups in total. The van der Waals surface area contributed by atoms with E-state index in [9.17, 15) is 14.9 Å². The van der Waals surface area contributed by atoms with Crippen molar-refractivity contribution >= 4 is 18.0 Å². The molecule has 0 radical (unpaired) electrons. The number of nitriles is 1. The zero-order valence-electron chi connectivity index (χ0n) is 18.1. The predicted octanol–water partition coefficient (Wildman–Crippen LogP) is 3.67. The number of nitrogens with one attached hydrogen (secondary N) is 1. The molecule has 0 spiro atoms. The zero-order valence-corrected chi connectivity index (χ0v) is 18.1. The van der Waals surface area contributed by atoms with Crippen LogP contribution in [0.15, 0.2) is 48.0 Å². The van der Waals surface area contributed by atoms with Gasteiger partial charge < -0.3 is 19.5 Å². The van der Waals surface area contributed by atoms with Crippen molar-refractivity contribution in [2.75, 3.05) is 14.2 Å². The summed E-state index contributed by atoms with van der Waals surface area (Å²) in [5.41, 5.74) is 1.54. The van der Waals surface area contributed by atoms with E-state index >= 15 is 0 Å². The summed E-state index contributed by atoms with van der Waals surface area (Å²) < 4.78 is 15.9. The summed E-state index contributed by atoms with van der Waals surface area (Å²) >= 11 is 0. The van der Waals surface area contributed by atoms with Gasteiger partial charge in [-0.1, -0.05) is 18.2 Å². The average Bonchev–Trinajstić information content (AvgIpc) is 2.76. The van der Waals surface area contributed by atoms with Crippen molar-refractivity contribution < 1.29 is 23.8 Å². The van der Waals surface area contributed by atoms with Crippen LogP contribution in [0.1, 0.15) is 31.4 Å². The lowest BCUT2D eigenvalue weighted by atomic mass is 10.1. The Balaban J connectivity index is 2.06. The highest BCUT2D eigenvalue weighted by Crippen LogP contribution is 2.29. The fourth-order valence-corrected chi connectivity index (χ4v) is 2.73. The Hall–Kier alpha value is -3.79. The lowest BCUT2D eigenvalue weighted by molar-refractivity contribution is -0.134. The summed E-state index contributed by atoms with van der Waals surface area (Å²) in [6.45, 7) is 3.63. The van der Waals surface area contributed by atoms with E-state index in [1.165, 1.54) is 13.2 Å². The normalized spacial score (nSPS) is 10.9. The van der Waals surface area contributed by atoms with Crippen molar-refractivity contribution in [2.45, 2.75) is 32.7 Å². The Morgan fingerprint density at radius 2 is 1.77 bits per heavy atom. The second-order valence-electron chi connectivity index (χ2n) is 7.03. The standard InChI is InChI=1S/C24H26N2O5/c1-16(2)26-24(28)19(15-25)13-18-7-11-21(22(14-18)30-4)31-23(27)12-8-17-5-9-20(29-3)10-6-17/h5-7,9-11,13-14,16H,8,12H2,1-4H3,(H,26,28)/b19-13+. The van der Waals surface area contributed by atoms with Crippen LogP contribution in [-0.4, -0.2) is 32.1 Å². The Bertz CT molecular complexity index is 988. The van der Waals surface area contributed by atoms with Gasteiger partial charge in [0.2, 0.25) is 0 Å². The van der Waals surface area contributed by atoms with Gasteiger partial charge in [0.15, 0.2) is 11.5 Å². The van der Waals surface area contributed by atoms with Crippen molar-refractivity contribution in [1.82, 2.24) is 5.32 Å². The molecule has 0 fully saturated rings. The van der Waals surface area contributed by atoms with E-state index in [1.807, 2.05) is 44.2 Å². The number of hydrogen-bond donors (Lipinski definition) is 1. The number of amides is 1. The van der Waals surface area contributed by atoms with E-state index in [4.69, 9.17) is 14.2 Å².